The van der Waals surface area contributed by atoms with Crippen molar-refractivity contribution in [3.8, 4) is 34.3 Å². The number of ether oxygens (including phenoxy) is 2. The third-order valence-electron chi connectivity index (χ3n) is 3.89. The van der Waals surface area contributed by atoms with Crippen molar-refractivity contribution in [2.75, 3.05) is 5.73 Å². The summed E-state index contributed by atoms with van der Waals surface area (Å²) in [6, 6.07) is 24.5. The lowest BCUT2D eigenvalue weighted by Gasteiger charge is -2.11. The number of benzene rings is 3. The van der Waals surface area contributed by atoms with E-state index in [9.17, 15) is 0 Å². The molecular formula is C22H17N3O2. The molecule has 0 aliphatic rings. The average Bonchev–Trinajstić information content (AvgIpc) is 2.71. The fourth-order valence-electron chi connectivity index (χ4n) is 2.62. The molecule has 1 aromatic heterocycles. The Labute approximate surface area is 157 Å². The van der Waals surface area contributed by atoms with Crippen LogP contribution < -0.4 is 15.2 Å². The van der Waals surface area contributed by atoms with Gasteiger partial charge in [-0.25, -0.2) is 9.97 Å². The SMILES string of the molecule is Nc1cccc(-c2cncnc2Oc2ccc(Oc3ccccc3)cc2)c1. The van der Waals surface area contributed by atoms with E-state index in [-0.39, 0.29) is 0 Å². The molecule has 4 aromatic rings. The van der Waals surface area contributed by atoms with E-state index in [1.165, 1.54) is 6.33 Å². The van der Waals surface area contributed by atoms with Crippen LogP contribution in [0, 0.1) is 0 Å². The highest BCUT2D eigenvalue weighted by Crippen LogP contribution is 2.32. The van der Waals surface area contributed by atoms with Gasteiger partial charge in [0.2, 0.25) is 5.88 Å². The Kier molecular flexibility index (Phi) is 4.66. The second-order valence-corrected chi connectivity index (χ2v) is 5.86. The van der Waals surface area contributed by atoms with Crippen LogP contribution >= 0.6 is 0 Å². The van der Waals surface area contributed by atoms with Crippen LogP contribution in [0.15, 0.2) is 91.4 Å². The number of nitrogen functional groups attached to an aromatic ring is 1. The molecule has 0 atom stereocenters. The monoisotopic (exact) mass is 355 g/mol. The van der Waals surface area contributed by atoms with Gasteiger partial charge in [0.1, 0.15) is 23.6 Å². The molecule has 1 heterocycles. The van der Waals surface area contributed by atoms with Gasteiger partial charge in [-0.2, -0.15) is 0 Å². The number of nitrogens with two attached hydrogens (primary N) is 1. The van der Waals surface area contributed by atoms with Gasteiger partial charge in [-0.1, -0.05) is 30.3 Å². The van der Waals surface area contributed by atoms with E-state index < -0.39 is 0 Å². The summed E-state index contributed by atoms with van der Waals surface area (Å²) >= 11 is 0. The summed E-state index contributed by atoms with van der Waals surface area (Å²) < 4.78 is 11.8. The lowest BCUT2D eigenvalue weighted by Crippen LogP contribution is -1.94. The molecule has 0 bridgehead atoms. The number of aromatic nitrogens is 2. The highest BCUT2D eigenvalue weighted by Gasteiger charge is 2.10. The molecule has 27 heavy (non-hydrogen) atoms. The van der Waals surface area contributed by atoms with Crippen molar-refractivity contribution in [1.29, 1.82) is 0 Å². The second-order valence-electron chi connectivity index (χ2n) is 5.86. The van der Waals surface area contributed by atoms with Crippen molar-refractivity contribution in [2.45, 2.75) is 0 Å². The predicted octanol–water partition coefficient (Wildman–Crippen LogP) is 5.31. The molecule has 3 aromatic carbocycles. The lowest BCUT2D eigenvalue weighted by molar-refractivity contribution is 0.457. The minimum Gasteiger partial charge on any atom is -0.457 e. The zero-order valence-electron chi connectivity index (χ0n) is 14.4. The number of nitrogens with zero attached hydrogens (tertiary/aromatic N) is 2. The first-order valence-electron chi connectivity index (χ1n) is 8.45. The van der Waals surface area contributed by atoms with Crippen LogP contribution in [-0.4, -0.2) is 9.97 Å². The van der Waals surface area contributed by atoms with E-state index in [4.69, 9.17) is 15.2 Å². The summed E-state index contributed by atoms with van der Waals surface area (Å²) in [5.74, 6) is 2.63. The molecule has 5 heteroatoms. The number of para-hydroxylation sites is 1. The smallest absolute Gasteiger partial charge is 0.230 e. The summed E-state index contributed by atoms with van der Waals surface area (Å²) in [4.78, 5) is 8.37. The quantitative estimate of drug-likeness (QED) is 0.491. The van der Waals surface area contributed by atoms with Gasteiger partial charge in [0.25, 0.3) is 0 Å². The summed E-state index contributed by atoms with van der Waals surface area (Å²) in [6.07, 6.45) is 3.17. The first-order chi connectivity index (χ1) is 13.3. The maximum atomic E-state index is 5.96. The Morgan fingerprint density at radius 3 is 2.15 bits per heavy atom. The van der Waals surface area contributed by atoms with Crippen molar-refractivity contribution < 1.29 is 9.47 Å². The number of anilines is 1. The molecule has 0 aliphatic heterocycles. The van der Waals surface area contributed by atoms with Crippen LogP contribution in [0.25, 0.3) is 11.1 Å². The molecule has 132 valence electrons. The third kappa shape index (κ3) is 4.04. The van der Waals surface area contributed by atoms with Crippen LogP contribution in [0.3, 0.4) is 0 Å². The van der Waals surface area contributed by atoms with Gasteiger partial charge in [-0.15, -0.1) is 0 Å². The summed E-state index contributed by atoms with van der Waals surface area (Å²) in [5.41, 5.74) is 8.22. The zero-order valence-corrected chi connectivity index (χ0v) is 14.4. The molecular weight excluding hydrogens is 338 g/mol. The van der Waals surface area contributed by atoms with Gasteiger partial charge in [-0.3, -0.25) is 0 Å². The minimum atomic E-state index is 0.465. The highest BCUT2D eigenvalue weighted by molar-refractivity contribution is 5.70. The van der Waals surface area contributed by atoms with Gasteiger partial charge < -0.3 is 15.2 Å². The van der Waals surface area contributed by atoms with Gasteiger partial charge in [0.05, 0.1) is 5.56 Å². The van der Waals surface area contributed by atoms with Gasteiger partial charge in [-0.05, 0) is 54.1 Å². The number of rotatable bonds is 5. The number of hydrogen-bond donors (Lipinski definition) is 1. The Morgan fingerprint density at radius 2 is 1.41 bits per heavy atom. The molecule has 0 saturated heterocycles. The lowest BCUT2D eigenvalue weighted by atomic mass is 10.1. The molecule has 4 rings (SSSR count). The topological polar surface area (TPSA) is 70.3 Å². The van der Waals surface area contributed by atoms with Crippen LogP contribution in [0.4, 0.5) is 5.69 Å². The number of hydrogen-bond acceptors (Lipinski definition) is 5. The second kappa shape index (κ2) is 7.58. The minimum absolute atomic E-state index is 0.465. The average molecular weight is 355 g/mol. The van der Waals surface area contributed by atoms with Crippen molar-refractivity contribution in [1.82, 2.24) is 9.97 Å². The Morgan fingerprint density at radius 1 is 0.704 bits per heavy atom. The van der Waals surface area contributed by atoms with E-state index in [1.54, 1.807) is 6.20 Å². The van der Waals surface area contributed by atoms with E-state index in [0.29, 0.717) is 17.3 Å². The van der Waals surface area contributed by atoms with Gasteiger partial charge in [0, 0.05) is 11.9 Å². The largest absolute Gasteiger partial charge is 0.457 e. The van der Waals surface area contributed by atoms with Crippen LogP contribution in [0.5, 0.6) is 23.1 Å². The molecule has 0 aliphatic carbocycles. The molecule has 0 fully saturated rings. The maximum absolute atomic E-state index is 5.96. The molecule has 5 nitrogen and oxygen atoms in total. The molecule has 0 unspecified atom stereocenters. The standard InChI is InChI=1S/C22H17N3O2/c23-17-6-4-5-16(13-17)21-14-24-15-25-22(21)27-20-11-9-19(10-12-20)26-18-7-2-1-3-8-18/h1-15H,23H2. The van der Waals surface area contributed by atoms with Crippen LogP contribution in [-0.2, 0) is 0 Å². The van der Waals surface area contributed by atoms with Gasteiger partial charge >= 0.3 is 0 Å². The molecule has 0 saturated carbocycles. The molecule has 0 spiro atoms. The van der Waals surface area contributed by atoms with E-state index in [1.807, 2.05) is 78.9 Å². The van der Waals surface area contributed by atoms with Crippen molar-refractivity contribution in [3.05, 3.63) is 91.4 Å². The highest BCUT2D eigenvalue weighted by atomic mass is 16.5. The van der Waals surface area contributed by atoms with Gasteiger partial charge in [0.15, 0.2) is 0 Å². The zero-order chi connectivity index (χ0) is 18.5. The Balaban J connectivity index is 1.55. The fraction of sp³-hybridized carbons (Fsp3) is 0. The summed E-state index contributed by atoms with van der Waals surface area (Å²) in [6.45, 7) is 0. The van der Waals surface area contributed by atoms with Crippen LogP contribution in [0.1, 0.15) is 0 Å². The summed E-state index contributed by atoms with van der Waals surface area (Å²) in [5, 5.41) is 0. The normalized spacial score (nSPS) is 10.4. The first kappa shape index (κ1) is 16.6. The predicted molar refractivity (Wildman–Crippen MR) is 105 cm³/mol. The van der Waals surface area contributed by atoms with E-state index in [2.05, 4.69) is 9.97 Å². The molecule has 0 amide bonds. The third-order valence-corrected chi connectivity index (χ3v) is 3.89. The fourth-order valence-corrected chi connectivity index (χ4v) is 2.62. The van der Waals surface area contributed by atoms with Crippen molar-refractivity contribution in [2.24, 2.45) is 0 Å². The van der Waals surface area contributed by atoms with Crippen molar-refractivity contribution in [3.63, 3.8) is 0 Å². The maximum Gasteiger partial charge on any atom is 0.230 e. The molecule has 2 N–H and O–H groups in total. The van der Waals surface area contributed by atoms with Crippen LogP contribution in [0.2, 0.25) is 0 Å². The molecule has 0 radical (unpaired) electrons. The Bertz CT molecular complexity index is 1030. The van der Waals surface area contributed by atoms with E-state index >= 15 is 0 Å². The van der Waals surface area contributed by atoms with E-state index in [0.717, 1.165) is 22.6 Å². The Hall–Kier alpha value is -3.86. The summed E-state index contributed by atoms with van der Waals surface area (Å²) in [7, 11) is 0. The first-order valence-corrected chi connectivity index (χ1v) is 8.45. The van der Waals surface area contributed by atoms with Crippen molar-refractivity contribution >= 4 is 5.69 Å².